The second kappa shape index (κ2) is 10.4. The highest BCUT2D eigenvalue weighted by molar-refractivity contribution is 5.88. The molecule has 7 atom stereocenters. The van der Waals surface area contributed by atoms with Crippen LogP contribution in [0, 0.1) is 17.3 Å². The molecule has 2 fully saturated rings. The van der Waals surface area contributed by atoms with Crippen molar-refractivity contribution in [1.29, 1.82) is 0 Å². The quantitative estimate of drug-likeness (QED) is 0.402. The van der Waals surface area contributed by atoms with Crippen LogP contribution in [-0.2, 0) is 25.7 Å². The van der Waals surface area contributed by atoms with Gasteiger partial charge < -0.3 is 29.2 Å². The van der Waals surface area contributed by atoms with Crippen LogP contribution in [0.4, 0.5) is 0 Å². The first-order valence-corrected chi connectivity index (χ1v) is 13.1. The van der Waals surface area contributed by atoms with Crippen LogP contribution in [-0.4, -0.2) is 56.0 Å². The van der Waals surface area contributed by atoms with Gasteiger partial charge >= 0.3 is 5.97 Å². The van der Waals surface area contributed by atoms with Gasteiger partial charge in [-0.15, -0.1) is 0 Å². The molecule has 3 heterocycles. The fraction of sp³-hybridized carbons (Fsp3) is 0.679. The molecule has 3 N–H and O–H groups in total. The van der Waals surface area contributed by atoms with Gasteiger partial charge in [0.2, 0.25) is 5.89 Å². The third kappa shape index (κ3) is 5.74. The summed E-state index contributed by atoms with van der Waals surface area (Å²) in [7, 11) is 0. The Morgan fingerprint density at radius 2 is 1.86 bits per heavy atom. The zero-order valence-corrected chi connectivity index (χ0v) is 22.3. The first-order chi connectivity index (χ1) is 17.4. The Bertz CT molecular complexity index is 1140. The van der Waals surface area contributed by atoms with Gasteiger partial charge in [0, 0.05) is 12.3 Å². The van der Waals surface area contributed by atoms with E-state index < -0.39 is 35.6 Å². The van der Waals surface area contributed by atoms with Crippen molar-refractivity contribution in [2.45, 2.75) is 103 Å². The number of nitrogens with zero attached hydrogens (tertiary/aromatic N) is 1. The fourth-order valence-corrected chi connectivity index (χ4v) is 5.48. The van der Waals surface area contributed by atoms with E-state index >= 15 is 0 Å². The fourth-order valence-electron chi connectivity index (χ4n) is 5.48. The lowest BCUT2D eigenvalue weighted by Gasteiger charge is -2.34. The van der Waals surface area contributed by atoms with Gasteiger partial charge in [-0.3, -0.25) is 9.59 Å². The van der Waals surface area contributed by atoms with E-state index in [0.717, 1.165) is 19.3 Å². The Hall–Kier alpha value is -2.33. The molecule has 1 aromatic heterocycles. The maximum atomic E-state index is 13.3. The second-order valence-corrected chi connectivity index (χ2v) is 11.6. The number of aliphatic hydroxyl groups excluding tert-OH is 3. The van der Waals surface area contributed by atoms with Crippen molar-refractivity contribution in [3.05, 3.63) is 29.7 Å². The molecule has 4 rings (SSSR count). The predicted octanol–water partition coefficient (Wildman–Crippen LogP) is 3.62. The van der Waals surface area contributed by atoms with E-state index in [4.69, 9.17) is 13.9 Å². The molecule has 7 unspecified atom stereocenters. The summed E-state index contributed by atoms with van der Waals surface area (Å²) < 4.78 is 17.4. The van der Waals surface area contributed by atoms with Crippen LogP contribution in [0.25, 0.3) is 11.1 Å². The Morgan fingerprint density at radius 1 is 1.14 bits per heavy atom. The number of cyclic esters (lactones) is 1. The minimum atomic E-state index is -1.28. The van der Waals surface area contributed by atoms with Crippen LogP contribution < -0.4 is 0 Å². The maximum absolute atomic E-state index is 13.3. The predicted molar refractivity (Wildman–Crippen MR) is 134 cm³/mol. The molecule has 0 bridgehead atoms. The van der Waals surface area contributed by atoms with Crippen molar-refractivity contribution in [3.63, 3.8) is 0 Å². The second-order valence-electron chi connectivity index (χ2n) is 11.6. The number of oxazole rings is 1. The summed E-state index contributed by atoms with van der Waals surface area (Å²) in [6.07, 6.45) is -0.506. The van der Waals surface area contributed by atoms with Crippen LogP contribution in [0.15, 0.2) is 22.6 Å². The lowest BCUT2D eigenvalue weighted by atomic mass is 9.73. The lowest BCUT2D eigenvalue weighted by molar-refractivity contribution is -0.156. The van der Waals surface area contributed by atoms with Crippen molar-refractivity contribution in [2.24, 2.45) is 17.3 Å². The summed E-state index contributed by atoms with van der Waals surface area (Å²) in [4.78, 5) is 30.5. The average Bonchev–Trinajstić information content (AvgIpc) is 3.29. The third-order valence-corrected chi connectivity index (χ3v) is 8.37. The lowest BCUT2D eigenvalue weighted by Crippen LogP contribution is -2.45. The number of benzene rings is 1. The van der Waals surface area contributed by atoms with Crippen LogP contribution in [0.1, 0.15) is 84.3 Å². The highest BCUT2D eigenvalue weighted by Crippen LogP contribution is 2.46. The highest BCUT2D eigenvalue weighted by atomic mass is 16.6. The molecule has 2 aromatic rings. The van der Waals surface area contributed by atoms with Gasteiger partial charge in [0.1, 0.15) is 24.0 Å². The standard InChI is InChI=1S/C28H39NO8/c1-15-7-6-10-28(5)22(37-28)12-20(17-8-9-19-18(11-17)29-23(14-30)35-19)36-24(32)13-21(31)27(3,4)26(34)16(2)25(15)33/h8-9,11,15-16,20-22,25,30-31,33H,6-7,10,12-14H2,1-5H3. The van der Waals surface area contributed by atoms with E-state index in [2.05, 4.69) is 4.98 Å². The number of hydrogen-bond donors (Lipinski definition) is 3. The number of aliphatic hydroxyl groups is 3. The van der Waals surface area contributed by atoms with E-state index in [0.29, 0.717) is 23.1 Å². The minimum absolute atomic E-state index is 0.101. The number of fused-ring (bicyclic) bond motifs is 2. The zero-order chi connectivity index (χ0) is 27.1. The summed E-state index contributed by atoms with van der Waals surface area (Å²) in [5.74, 6) is -1.51. The molecular weight excluding hydrogens is 478 g/mol. The van der Waals surface area contributed by atoms with Gasteiger partial charge in [0.25, 0.3) is 0 Å². The number of Topliss-reactive ketones (excluding diaryl/α,β-unsaturated/α-hetero) is 1. The number of hydrogen-bond acceptors (Lipinski definition) is 9. The molecule has 9 nitrogen and oxygen atoms in total. The molecule has 2 aliphatic heterocycles. The van der Waals surface area contributed by atoms with Crippen molar-refractivity contribution in [3.8, 4) is 0 Å². The van der Waals surface area contributed by atoms with Crippen molar-refractivity contribution in [2.75, 3.05) is 0 Å². The first kappa shape index (κ1) is 27.7. The zero-order valence-electron chi connectivity index (χ0n) is 22.3. The number of carbonyl (C=O) groups is 2. The molecule has 1 aromatic carbocycles. The summed E-state index contributed by atoms with van der Waals surface area (Å²) >= 11 is 0. The molecule has 37 heavy (non-hydrogen) atoms. The van der Waals surface area contributed by atoms with E-state index in [9.17, 15) is 24.9 Å². The van der Waals surface area contributed by atoms with Crippen LogP contribution in [0.3, 0.4) is 0 Å². The molecule has 0 aliphatic carbocycles. The monoisotopic (exact) mass is 517 g/mol. The summed E-state index contributed by atoms with van der Waals surface area (Å²) in [6, 6.07) is 5.28. The van der Waals surface area contributed by atoms with Crippen molar-refractivity contribution < 1.29 is 38.8 Å². The number of aromatic nitrogens is 1. The summed E-state index contributed by atoms with van der Waals surface area (Å²) in [6.45, 7) is 8.53. The number of ether oxygens (including phenoxy) is 2. The van der Waals surface area contributed by atoms with Gasteiger partial charge in [0.05, 0.1) is 35.7 Å². The molecule has 9 heteroatoms. The summed E-state index contributed by atoms with van der Waals surface area (Å²) in [5.41, 5.74) is 0.146. The van der Waals surface area contributed by atoms with Gasteiger partial charge in [-0.2, -0.15) is 0 Å². The van der Waals surface area contributed by atoms with Gasteiger partial charge in [-0.05, 0) is 43.4 Å². The molecule has 2 aliphatic rings. The van der Waals surface area contributed by atoms with Crippen molar-refractivity contribution >= 4 is 22.9 Å². The van der Waals surface area contributed by atoms with Gasteiger partial charge in [0.15, 0.2) is 5.58 Å². The number of epoxide rings is 1. The largest absolute Gasteiger partial charge is 0.457 e. The van der Waals surface area contributed by atoms with Gasteiger partial charge in [-0.1, -0.05) is 40.2 Å². The highest BCUT2D eigenvalue weighted by Gasteiger charge is 2.53. The van der Waals surface area contributed by atoms with E-state index in [1.54, 1.807) is 39.0 Å². The average molecular weight is 518 g/mol. The number of esters is 1. The Balaban J connectivity index is 1.62. The Morgan fingerprint density at radius 3 is 2.57 bits per heavy atom. The Kier molecular flexibility index (Phi) is 7.82. The molecule has 0 amide bonds. The van der Waals surface area contributed by atoms with Crippen molar-refractivity contribution in [1.82, 2.24) is 4.98 Å². The Labute approximate surface area is 217 Å². The molecule has 204 valence electrons. The van der Waals surface area contributed by atoms with E-state index in [-0.39, 0.29) is 42.3 Å². The summed E-state index contributed by atoms with van der Waals surface area (Å²) in [5, 5.41) is 31.1. The smallest absolute Gasteiger partial charge is 0.309 e. The van der Waals surface area contributed by atoms with Crippen LogP contribution in [0.5, 0.6) is 0 Å². The van der Waals surface area contributed by atoms with E-state index in [1.807, 2.05) is 13.8 Å². The molecule has 0 saturated carbocycles. The maximum Gasteiger partial charge on any atom is 0.309 e. The molecule has 0 spiro atoms. The molecule has 0 radical (unpaired) electrons. The number of ketones is 1. The molecular formula is C28H39NO8. The number of carbonyl (C=O) groups excluding carboxylic acids is 2. The van der Waals surface area contributed by atoms with Gasteiger partial charge in [-0.25, -0.2) is 4.98 Å². The normalized spacial score (nSPS) is 35.7. The SMILES string of the molecule is CC1CCCC2(C)OC2CC(c2ccc3oc(CO)nc3c2)OC(=O)CC(O)C(C)(C)C(=O)C(C)C1O. The first-order valence-electron chi connectivity index (χ1n) is 13.1. The van der Waals surface area contributed by atoms with E-state index in [1.165, 1.54) is 0 Å². The topological polar surface area (TPSA) is 143 Å². The minimum Gasteiger partial charge on any atom is -0.457 e. The van der Waals surface area contributed by atoms with Crippen LogP contribution >= 0.6 is 0 Å². The van der Waals surface area contributed by atoms with Crippen LogP contribution in [0.2, 0.25) is 0 Å². The molecule has 2 saturated heterocycles. The third-order valence-electron chi connectivity index (χ3n) is 8.37. The number of rotatable bonds is 2.